The van der Waals surface area contributed by atoms with Crippen LogP contribution in [0.15, 0.2) is 28.1 Å². The number of fused-ring (bicyclic) bond motifs is 1. The number of benzene rings is 1. The average Bonchev–Trinajstić information content (AvgIpc) is 2.37. The van der Waals surface area contributed by atoms with Gasteiger partial charge in [-0.25, -0.2) is 4.99 Å². The SMILES string of the molecule is CCNC(=S)NC1=Nc2ccc(OC(F)(F)F)cc2SC1. The van der Waals surface area contributed by atoms with E-state index in [4.69, 9.17) is 12.2 Å². The van der Waals surface area contributed by atoms with Crippen molar-refractivity contribution in [3.63, 3.8) is 0 Å². The minimum Gasteiger partial charge on any atom is -0.406 e. The lowest BCUT2D eigenvalue weighted by Crippen LogP contribution is -2.40. The molecule has 21 heavy (non-hydrogen) atoms. The lowest BCUT2D eigenvalue weighted by molar-refractivity contribution is -0.274. The summed E-state index contributed by atoms with van der Waals surface area (Å²) in [5.74, 6) is 0.903. The first-order chi connectivity index (χ1) is 9.87. The summed E-state index contributed by atoms with van der Waals surface area (Å²) in [6.45, 7) is 2.61. The maximum atomic E-state index is 12.2. The summed E-state index contributed by atoms with van der Waals surface area (Å²) in [6, 6.07) is 4.05. The molecule has 1 aliphatic heterocycles. The minimum atomic E-state index is -4.69. The van der Waals surface area contributed by atoms with E-state index < -0.39 is 6.36 Å². The van der Waals surface area contributed by atoms with E-state index in [9.17, 15) is 13.2 Å². The smallest absolute Gasteiger partial charge is 0.406 e. The van der Waals surface area contributed by atoms with Gasteiger partial charge in [-0.2, -0.15) is 0 Å². The number of thioether (sulfide) groups is 1. The van der Waals surface area contributed by atoms with E-state index in [2.05, 4.69) is 20.4 Å². The highest BCUT2D eigenvalue weighted by atomic mass is 32.2. The van der Waals surface area contributed by atoms with Crippen LogP contribution < -0.4 is 15.4 Å². The van der Waals surface area contributed by atoms with Crippen LogP contribution in [0.25, 0.3) is 0 Å². The highest BCUT2D eigenvalue weighted by Crippen LogP contribution is 2.37. The third kappa shape index (κ3) is 4.78. The van der Waals surface area contributed by atoms with Gasteiger partial charge < -0.3 is 15.4 Å². The minimum absolute atomic E-state index is 0.247. The molecule has 9 heteroatoms. The normalized spacial score (nSPS) is 14.0. The van der Waals surface area contributed by atoms with Gasteiger partial charge in [0.15, 0.2) is 5.11 Å². The molecule has 0 saturated carbocycles. The molecule has 0 amide bonds. The molecule has 0 unspecified atom stereocenters. The van der Waals surface area contributed by atoms with Gasteiger partial charge in [-0.3, -0.25) is 0 Å². The van der Waals surface area contributed by atoms with Crippen LogP contribution in [0, 0.1) is 0 Å². The summed E-state index contributed by atoms with van der Waals surface area (Å²) in [4.78, 5) is 4.96. The fraction of sp³-hybridized carbons (Fsp3) is 0.333. The second kappa shape index (κ2) is 6.52. The number of nitrogens with one attached hydrogen (secondary N) is 2. The van der Waals surface area contributed by atoms with Crippen molar-refractivity contribution in [2.75, 3.05) is 12.3 Å². The van der Waals surface area contributed by atoms with Gasteiger partial charge in [0.25, 0.3) is 0 Å². The number of alkyl halides is 3. The van der Waals surface area contributed by atoms with Crippen LogP contribution in [0.1, 0.15) is 6.92 Å². The fourth-order valence-electron chi connectivity index (χ4n) is 1.62. The van der Waals surface area contributed by atoms with Gasteiger partial charge in [0.05, 0.1) is 11.4 Å². The van der Waals surface area contributed by atoms with Crippen molar-refractivity contribution in [1.82, 2.24) is 10.6 Å². The summed E-state index contributed by atoms with van der Waals surface area (Å²) in [6.07, 6.45) is -4.69. The standard InChI is InChI=1S/C12H12F3N3OS2/c1-2-16-11(20)18-10-6-21-9-5-7(19-12(13,14)15)3-4-8(9)17-10/h3-5H,2,6H2,1H3,(H2,16,17,18,20). The summed E-state index contributed by atoms with van der Waals surface area (Å²) >= 11 is 6.42. The number of halogens is 3. The molecular weight excluding hydrogens is 323 g/mol. The van der Waals surface area contributed by atoms with Crippen molar-refractivity contribution in [3.8, 4) is 5.75 Å². The van der Waals surface area contributed by atoms with E-state index in [1.807, 2.05) is 6.92 Å². The molecule has 2 rings (SSSR count). The van der Waals surface area contributed by atoms with Crippen molar-refractivity contribution < 1.29 is 17.9 Å². The molecule has 4 nitrogen and oxygen atoms in total. The van der Waals surface area contributed by atoms with Crippen molar-refractivity contribution in [1.29, 1.82) is 0 Å². The molecule has 0 aromatic heterocycles. The Balaban J connectivity index is 2.11. The Kier molecular flexibility index (Phi) is 4.94. The molecular formula is C12H12F3N3OS2. The molecule has 1 heterocycles. The number of amidine groups is 1. The number of nitrogens with zero attached hydrogens (tertiary/aromatic N) is 1. The Bertz CT molecular complexity index is 575. The highest BCUT2D eigenvalue weighted by molar-refractivity contribution is 8.00. The van der Waals surface area contributed by atoms with Gasteiger partial charge in [-0.15, -0.1) is 24.9 Å². The van der Waals surface area contributed by atoms with E-state index in [0.717, 1.165) is 0 Å². The first-order valence-corrected chi connectivity index (χ1v) is 7.42. The van der Waals surface area contributed by atoms with Crippen LogP contribution >= 0.6 is 24.0 Å². The number of rotatable bonds is 2. The predicted molar refractivity (Wildman–Crippen MR) is 80.4 cm³/mol. The van der Waals surface area contributed by atoms with E-state index in [-0.39, 0.29) is 5.75 Å². The maximum absolute atomic E-state index is 12.2. The van der Waals surface area contributed by atoms with Crippen LogP contribution in [0.4, 0.5) is 18.9 Å². The average molecular weight is 335 g/mol. The number of hydrogen-bond donors (Lipinski definition) is 2. The molecule has 0 aliphatic carbocycles. The third-order valence-electron chi connectivity index (χ3n) is 2.38. The van der Waals surface area contributed by atoms with E-state index in [1.54, 1.807) is 0 Å². The van der Waals surface area contributed by atoms with Crippen molar-refractivity contribution in [3.05, 3.63) is 18.2 Å². The summed E-state index contributed by atoms with van der Waals surface area (Å²) in [5.41, 5.74) is 0.586. The lowest BCUT2D eigenvalue weighted by atomic mass is 10.3. The van der Waals surface area contributed by atoms with E-state index in [0.29, 0.717) is 33.8 Å². The molecule has 0 saturated heterocycles. The molecule has 0 fully saturated rings. The van der Waals surface area contributed by atoms with E-state index >= 15 is 0 Å². The lowest BCUT2D eigenvalue weighted by Gasteiger charge is -2.18. The maximum Gasteiger partial charge on any atom is 0.573 e. The first kappa shape index (κ1) is 15.9. The summed E-state index contributed by atoms with van der Waals surface area (Å²) < 4.78 is 40.4. The van der Waals surface area contributed by atoms with Gasteiger partial charge in [0, 0.05) is 11.4 Å². The van der Waals surface area contributed by atoms with Crippen molar-refractivity contribution in [2.45, 2.75) is 18.2 Å². The van der Waals surface area contributed by atoms with Gasteiger partial charge in [0.1, 0.15) is 11.6 Å². The molecule has 1 aliphatic rings. The Hall–Kier alpha value is -1.48. The van der Waals surface area contributed by atoms with Gasteiger partial charge in [-0.05, 0) is 37.3 Å². The molecule has 2 N–H and O–H groups in total. The molecule has 0 bridgehead atoms. The largest absolute Gasteiger partial charge is 0.573 e. The zero-order chi connectivity index (χ0) is 15.5. The second-order valence-electron chi connectivity index (χ2n) is 4.01. The van der Waals surface area contributed by atoms with Crippen LogP contribution in [-0.2, 0) is 0 Å². The topological polar surface area (TPSA) is 45.7 Å². The quantitative estimate of drug-likeness (QED) is 0.813. The fourth-order valence-corrected chi connectivity index (χ4v) is 2.78. The Morgan fingerprint density at radius 3 is 2.90 bits per heavy atom. The van der Waals surface area contributed by atoms with Gasteiger partial charge in [0.2, 0.25) is 0 Å². The molecule has 0 radical (unpaired) electrons. The zero-order valence-electron chi connectivity index (χ0n) is 11.0. The zero-order valence-corrected chi connectivity index (χ0v) is 12.6. The highest BCUT2D eigenvalue weighted by Gasteiger charge is 2.31. The van der Waals surface area contributed by atoms with Gasteiger partial charge >= 0.3 is 6.36 Å². The molecule has 114 valence electrons. The Morgan fingerprint density at radius 2 is 2.24 bits per heavy atom. The van der Waals surface area contributed by atoms with Crippen molar-refractivity contribution in [2.24, 2.45) is 4.99 Å². The Morgan fingerprint density at radius 1 is 1.48 bits per heavy atom. The van der Waals surface area contributed by atoms with E-state index in [1.165, 1.54) is 30.0 Å². The molecule has 1 aromatic rings. The number of thiocarbonyl (C=S) groups is 1. The molecule has 0 atom stereocenters. The number of hydrogen-bond acceptors (Lipinski definition) is 4. The summed E-state index contributed by atoms with van der Waals surface area (Å²) in [7, 11) is 0. The third-order valence-corrected chi connectivity index (χ3v) is 3.68. The second-order valence-corrected chi connectivity index (χ2v) is 5.43. The van der Waals surface area contributed by atoms with Crippen molar-refractivity contribution >= 4 is 40.6 Å². The monoisotopic (exact) mass is 335 g/mol. The molecule has 1 aromatic carbocycles. The summed E-state index contributed by atoms with van der Waals surface area (Å²) in [5, 5.41) is 6.36. The van der Waals surface area contributed by atoms with Crippen LogP contribution in [-0.4, -0.2) is 29.6 Å². The van der Waals surface area contributed by atoms with Crippen LogP contribution in [0.2, 0.25) is 0 Å². The Labute approximate surface area is 129 Å². The van der Waals surface area contributed by atoms with Gasteiger partial charge in [-0.1, -0.05) is 0 Å². The first-order valence-electron chi connectivity index (χ1n) is 6.02. The number of ether oxygens (including phenoxy) is 1. The molecule has 0 spiro atoms. The predicted octanol–water partition coefficient (Wildman–Crippen LogP) is 3.20. The van der Waals surface area contributed by atoms with Crippen LogP contribution in [0.5, 0.6) is 5.75 Å². The van der Waals surface area contributed by atoms with Crippen LogP contribution in [0.3, 0.4) is 0 Å². The number of aliphatic imine (C=N–C) groups is 1.